The third-order valence-electron chi connectivity index (χ3n) is 6.34. The molecule has 0 spiro atoms. The van der Waals surface area contributed by atoms with Crippen molar-refractivity contribution in [2.24, 2.45) is 0 Å². The molecule has 4 aromatic heterocycles. The van der Waals surface area contributed by atoms with Crippen LogP contribution in [0.2, 0.25) is 0 Å². The Bertz CT molecular complexity index is 1460. The van der Waals surface area contributed by atoms with Crippen LogP contribution in [0.4, 0.5) is 23.1 Å². The Morgan fingerprint density at radius 2 is 1.79 bits per heavy atom. The fourth-order valence-electron chi connectivity index (χ4n) is 4.21. The fourth-order valence-corrected chi connectivity index (χ4v) is 4.21. The Morgan fingerprint density at radius 1 is 0.974 bits per heavy atom. The third-order valence-corrected chi connectivity index (χ3v) is 6.34. The summed E-state index contributed by atoms with van der Waals surface area (Å²) < 4.78 is 0. The number of nitrogens with one attached hydrogen (secondary N) is 2. The smallest absolute Gasteiger partial charge is 0.248 e. The zero-order valence-electron chi connectivity index (χ0n) is 22.4. The number of aromatic nitrogens is 5. The zero-order valence-corrected chi connectivity index (χ0v) is 22.4. The minimum absolute atomic E-state index is 0.207. The molecule has 0 atom stereocenters. The largest absolute Gasteiger partial charge is 0.354 e. The molecule has 0 radical (unpaired) electrons. The standard InChI is InChI=1S/C28H32N10O/c1-36(2)12-4-5-25(39)33-21-9-11-29-23(17-21)27-26-20(8-10-30-27)18-32-28(35-26)34-22-6-7-24(31-19-22)38-15-13-37(3)14-16-38/h4-11,17-19H,12-16H2,1-3H3,(H,29,33,39)(H,32,34,35). The number of amides is 1. The van der Waals surface area contributed by atoms with Crippen molar-refractivity contribution in [2.45, 2.75) is 0 Å². The molecule has 4 aromatic rings. The van der Waals surface area contributed by atoms with E-state index in [0.717, 1.165) is 43.1 Å². The molecule has 2 N–H and O–H groups in total. The summed E-state index contributed by atoms with van der Waals surface area (Å²) in [5.74, 6) is 1.19. The summed E-state index contributed by atoms with van der Waals surface area (Å²) in [7, 11) is 6.03. The Morgan fingerprint density at radius 3 is 2.56 bits per heavy atom. The number of piperazine rings is 1. The maximum atomic E-state index is 12.3. The van der Waals surface area contributed by atoms with Crippen molar-refractivity contribution in [3.63, 3.8) is 0 Å². The highest BCUT2D eigenvalue weighted by Gasteiger charge is 2.15. The van der Waals surface area contributed by atoms with Crippen molar-refractivity contribution < 1.29 is 4.79 Å². The van der Waals surface area contributed by atoms with Crippen LogP contribution in [0, 0.1) is 0 Å². The summed E-state index contributed by atoms with van der Waals surface area (Å²) in [4.78, 5) is 41.8. The molecule has 0 bridgehead atoms. The lowest BCUT2D eigenvalue weighted by Crippen LogP contribution is -2.44. The van der Waals surface area contributed by atoms with E-state index in [9.17, 15) is 4.79 Å². The lowest BCUT2D eigenvalue weighted by molar-refractivity contribution is -0.111. The van der Waals surface area contributed by atoms with E-state index in [4.69, 9.17) is 4.98 Å². The highest BCUT2D eigenvalue weighted by atomic mass is 16.1. The van der Waals surface area contributed by atoms with Gasteiger partial charge in [0.1, 0.15) is 17.0 Å². The number of hydrogen-bond donors (Lipinski definition) is 2. The second-order valence-corrected chi connectivity index (χ2v) is 9.70. The van der Waals surface area contributed by atoms with Crippen molar-refractivity contribution in [1.82, 2.24) is 34.7 Å². The molecule has 0 aliphatic carbocycles. The average molecular weight is 525 g/mol. The van der Waals surface area contributed by atoms with Crippen LogP contribution in [0.25, 0.3) is 22.3 Å². The van der Waals surface area contributed by atoms with E-state index in [2.05, 4.69) is 47.4 Å². The van der Waals surface area contributed by atoms with Crippen molar-refractivity contribution in [3.05, 3.63) is 67.3 Å². The molecule has 5 heterocycles. The normalized spacial score (nSPS) is 14.3. The number of anilines is 4. The van der Waals surface area contributed by atoms with Gasteiger partial charge in [0, 0.05) is 68.5 Å². The molecule has 200 valence electrons. The van der Waals surface area contributed by atoms with Gasteiger partial charge in [0.15, 0.2) is 0 Å². The van der Waals surface area contributed by atoms with E-state index < -0.39 is 0 Å². The van der Waals surface area contributed by atoms with Gasteiger partial charge < -0.3 is 25.3 Å². The van der Waals surface area contributed by atoms with Crippen LogP contribution in [0.15, 0.2) is 67.3 Å². The maximum Gasteiger partial charge on any atom is 0.248 e. The van der Waals surface area contributed by atoms with Crippen molar-refractivity contribution in [3.8, 4) is 11.4 Å². The summed E-state index contributed by atoms with van der Waals surface area (Å²) in [6.45, 7) is 4.67. The second-order valence-electron chi connectivity index (χ2n) is 9.70. The molecular weight excluding hydrogens is 492 g/mol. The third kappa shape index (κ3) is 6.70. The van der Waals surface area contributed by atoms with Gasteiger partial charge in [-0.05, 0) is 51.5 Å². The first-order chi connectivity index (χ1) is 18.9. The number of carbonyl (C=O) groups excluding carboxylic acids is 1. The van der Waals surface area contributed by atoms with Gasteiger partial charge in [-0.25, -0.2) is 15.0 Å². The number of likely N-dealkylation sites (N-methyl/N-ethyl adjacent to an activating group) is 2. The van der Waals surface area contributed by atoms with Crippen LogP contribution in [-0.2, 0) is 4.79 Å². The number of carbonyl (C=O) groups is 1. The molecule has 1 aliphatic rings. The van der Waals surface area contributed by atoms with Crippen LogP contribution in [0.5, 0.6) is 0 Å². The van der Waals surface area contributed by atoms with Gasteiger partial charge in [0.25, 0.3) is 0 Å². The molecule has 11 heteroatoms. The number of fused-ring (bicyclic) bond motifs is 1. The minimum Gasteiger partial charge on any atom is -0.354 e. The first kappa shape index (κ1) is 26.1. The molecule has 0 unspecified atom stereocenters. The quantitative estimate of drug-likeness (QED) is 0.333. The molecule has 11 nitrogen and oxygen atoms in total. The summed E-state index contributed by atoms with van der Waals surface area (Å²) >= 11 is 0. The van der Waals surface area contributed by atoms with Crippen LogP contribution in [-0.4, -0.2) is 94.5 Å². The predicted molar refractivity (Wildman–Crippen MR) is 154 cm³/mol. The lowest BCUT2D eigenvalue weighted by Gasteiger charge is -2.33. The van der Waals surface area contributed by atoms with E-state index in [1.807, 2.05) is 43.3 Å². The highest BCUT2D eigenvalue weighted by molar-refractivity contribution is 6.00. The zero-order chi connectivity index (χ0) is 27.2. The number of hydrogen-bond acceptors (Lipinski definition) is 10. The first-order valence-corrected chi connectivity index (χ1v) is 12.8. The average Bonchev–Trinajstić information content (AvgIpc) is 2.93. The first-order valence-electron chi connectivity index (χ1n) is 12.8. The summed E-state index contributed by atoms with van der Waals surface area (Å²) in [5, 5.41) is 6.96. The topological polar surface area (TPSA) is 115 Å². The van der Waals surface area contributed by atoms with E-state index in [1.54, 1.807) is 36.9 Å². The van der Waals surface area contributed by atoms with E-state index >= 15 is 0 Å². The van der Waals surface area contributed by atoms with Gasteiger partial charge in [-0.3, -0.25) is 14.8 Å². The molecule has 1 saturated heterocycles. The van der Waals surface area contributed by atoms with Crippen LogP contribution in [0.3, 0.4) is 0 Å². The van der Waals surface area contributed by atoms with Crippen molar-refractivity contribution in [1.29, 1.82) is 0 Å². The molecule has 0 aromatic carbocycles. The summed E-state index contributed by atoms with van der Waals surface area (Å²) in [5.41, 5.74) is 3.26. The molecule has 1 fully saturated rings. The van der Waals surface area contributed by atoms with Gasteiger partial charge in [0.05, 0.1) is 17.6 Å². The van der Waals surface area contributed by atoms with Crippen LogP contribution < -0.4 is 15.5 Å². The van der Waals surface area contributed by atoms with E-state index in [1.165, 1.54) is 6.08 Å². The van der Waals surface area contributed by atoms with Gasteiger partial charge in [0.2, 0.25) is 11.9 Å². The number of nitrogens with zero attached hydrogens (tertiary/aromatic N) is 8. The predicted octanol–water partition coefficient (Wildman–Crippen LogP) is 3.03. The fraction of sp³-hybridized carbons (Fsp3) is 0.286. The van der Waals surface area contributed by atoms with Crippen LogP contribution in [0.1, 0.15) is 0 Å². The SMILES string of the molecule is CN(C)CC=CC(=O)Nc1ccnc(-c2nccc3cnc(Nc4ccc(N5CCN(C)CC5)nc4)nc23)c1. The number of pyridine rings is 3. The Hall–Kier alpha value is -4.48. The Labute approximate surface area is 227 Å². The monoisotopic (exact) mass is 524 g/mol. The highest BCUT2D eigenvalue weighted by Crippen LogP contribution is 2.26. The lowest BCUT2D eigenvalue weighted by atomic mass is 10.1. The summed E-state index contributed by atoms with van der Waals surface area (Å²) in [6, 6.07) is 9.39. The number of rotatable bonds is 8. The maximum absolute atomic E-state index is 12.3. The second kappa shape index (κ2) is 11.9. The van der Waals surface area contributed by atoms with Crippen molar-refractivity contribution in [2.75, 3.05) is 69.4 Å². The van der Waals surface area contributed by atoms with E-state index in [0.29, 0.717) is 35.1 Å². The summed E-state index contributed by atoms with van der Waals surface area (Å²) in [6.07, 6.45) is 10.2. The van der Waals surface area contributed by atoms with E-state index in [-0.39, 0.29) is 5.91 Å². The van der Waals surface area contributed by atoms with Gasteiger partial charge >= 0.3 is 0 Å². The molecule has 1 aliphatic heterocycles. The molecular formula is C28H32N10O. The molecule has 0 saturated carbocycles. The van der Waals surface area contributed by atoms with Gasteiger partial charge in [-0.15, -0.1) is 0 Å². The van der Waals surface area contributed by atoms with Crippen LogP contribution >= 0.6 is 0 Å². The Balaban J connectivity index is 1.34. The molecule has 5 rings (SSSR count). The van der Waals surface area contributed by atoms with Gasteiger partial charge in [-0.2, -0.15) is 0 Å². The van der Waals surface area contributed by atoms with Gasteiger partial charge in [-0.1, -0.05) is 6.08 Å². The molecule has 39 heavy (non-hydrogen) atoms. The Kier molecular flexibility index (Phi) is 7.99. The molecule has 1 amide bonds. The minimum atomic E-state index is -0.207. The van der Waals surface area contributed by atoms with Crippen molar-refractivity contribution >= 4 is 40.0 Å².